The Bertz CT molecular complexity index is 254. The van der Waals surface area contributed by atoms with Gasteiger partial charge in [-0.15, -0.1) is 0 Å². The molecule has 0 aromatic rings. The van der Waals surface area contributed by atoms with Gasteiger partial charge in [-0.3, -0.25) is 4.79 Å². The molecule has 0 atom stereocenters. The number of unbranched alkanes of at least 4 members (excludes halogenated alkanes) is 1. The molecule has 0 aliphatic carbocycles. The van der Waals surface area contributed by atoms with E-state index in [0.717, 1.165) is 0 Å². The van der Waals surface area contributed by atoms with Crippen LogP contribution in [0.25, 0.3) is 0 Å². The molecule has 0 aromatic heterocycles. The number of alkyl halides is 6. The minimum absolute atomic E-state index is 0.119. The molecule has 0 aromatic carbocycles. The van der Waals surface area contributed by atoms with Crippen molar-refractivity contribution >= 4 is 5.97 Å². The van der Waals surface area contributed by atoms with Crippen LogP contribution in [0.3, 0.4) is 0 Å². The van der Waals surface area contributed by atoms with Gasteiger partial charge in [0, 0.05) is 0 Å². The second-order valence-corrected chi connectivity index (χ2v) is 3.75. The van der Waals surface area contributed by atoms with Crippen LogP contribution in [0, 0.1) is 5.41 Å². The van der Waals surface area contributed by atoms with E-state index in [1.807, 2.05) is 0 Å². The van der Waals surface area contributed by atoms with Crippen LogP contribution >= 0.6 is 0 Å². The first-order valence-electron chi connectivity index (χ1n) is 4.83. The second kappa shape index (κ2) is 5.14. The lowest BCUT2D eigenvalue weighted by Crippen LogP contribution is -2.51. The molecule has 0 saturated heterocycles. The van der Waals surface area contributed by atoms with Gasteiger partial charge in [-0.25, -0.2) is 0 Å². The van der Waals surface area contributed by atoms with E-state index in [-0.39, 0.29) is 12.8 Å². The van der Waals surface area contributed by atoms with Gasteiger partial charge in [0.25, 0.3) is 0 Å². The first kappa shape index (κ1) is 16.1. The van der Waals surface area contributed by atoms with Crippen LogP contribution in [-0.4, -0.2) is 23.4 Å². The highest BCUT2D eigenvalue weighted by molar-refractivity contribution is 5.68. The molecule has 8 heteroatoms. The monoisotopic (exact) mass is 266 g/mol. The molecule has 0 aliphatic rings. The van der Waals surface area contributed by atoms with Crippen molar-refractivity contribution < 1.29 is 36.2 Å². The summed E-state index contributed by atoms with van der Waals surface area (Å²) in [7, 11) is 0. The maximum absolute atomic E-state index is 12.6. The smallest absolute Gasteiger partial charge is 0.403 e. The van der Waals surface area contributed by atoms with Crippen molar-refractivity contribution in [3.63, 3.8) is 0 Å². The molecule has 2 nitrogen and oxygen atoms in total. The molecule has 0 spiro atoms. The summed E-state index contributed by atoms with van der Waals surface area (Å²) in [5.74, 6) is -2.12. The van der Waals surface area contributed by atoms with Crippen LogP contribution in [0.15, 0.2) is 0 Å². The van der Waals surface area contributed by atoms with E-state index < -0.39 is 36.6 Å². The predicted molar refractivity (Wildman–Crippen MR) is 46.3 cm³/mol. The minimum atomic E-state index is -5.63. The Morgan fingerprint density at radius 2 is 1.47 bits per heavy atom. The third kappa shape index (κ3) is 3.50. The number of aliphatic carboxylic acids is 1. The van der Waals surface area contributed by atoms with E-state index in [1.165, 1.54) is 6.92 Å². The molecule has 0 fully saturated rings. The quantitative estimate of drug-likeness (QED) is 0.769. The highest BCUT2D eigenvalue weighted by atomic mass is 19.4. The molecule has 102 valence electrons. The minimum Gasteiger partial charge on any atom is -0.481 e. The molecule has 0 unspecified atom stereocenters. The summed E-state index contributed by atoms with van der Waals surface area (Å²) in [6.45, 7) is 1.43. The second-order valence-electron chi connectivity index (χ2n) is 3.75. The molecular weight excluding hydrogens is 254 g/mol. The van der Waals surface area contributed by atoms with Crippen molar-refractivity contribution in [2.45, 2.75) is 45.0 Å². The Labute approximate surface area is 93.6 Å². The molecule has 0 amide bonds. The SMILES string of the molecule is CCCCC(CC(=O)O)(C(F)(F)F)C(F)(F)F. The summed E-state index contributed by atoms with van der Waals surface area (Å²) in [4.78, 5) is 10.3. The highest BCUT2D eigenvalue weighted by Gasteiger charge is 2.70. The van der Waals surface area contributed by atoms with E-state index in [2.05, 4.69) is 0 Å². The lowest BCUT2D eigenvalue weighted by molar-refractivity contribution is -0.344. The zero-order valence-electron chi connectivity index (χ0n) is 8.95. The van der Waals surface area contributed by atoms with Crippen molar-refractivity contribution in [1.82, 2.24) is 0 Å². The zero-order valence-corrected chi connectivity index (χ0v) is 8.95. The van der Waals surface area contributed by atoms with E-state index in [0.29, 0.717) is 0 Å². The fourth-order valence-corrected chi connectivity index (χ4v) is 1.47. The van der Waals surface area contributed by atoms with Crippen molar-refractivity contribution in [3.05, 3.63) is 0 Å². The van der Waals surface area contributed by atoms with E-state index in [4.69, 9.17) is 5.11 Å². The first-order valence-corrected chi connectivity index (χ1v) is 4.83. The van der Waals surface area contributed by atoms with E-state index in [9.17, 15) is 31.1 Å². The third-order valence-electron chi connectivity index (χ3n) is 2.50. The van der Waals surface area contributed by atoms with Crippen molar-refractivity contribution in [1.29, 1.82) is 0 Å². The average molecular weight is 266 g/mol. The molecular formula is C9H12F6O2. The van der Waals surface area contributed by atoms with E-state index >= 15 is 0 Å². The largest absolute Gasteiger partial charge is 0.481 e. The predicted octanol–water partition coefficient (Wildman–Crippen LogP) is 3.76. The maximum Gasteiger partial charge on any atom is 0.403 e. The van der Waals surface area contributed by atoms with Crippen LogP contribution in [0.2, 0.25) is 0 Å². The molecule has 0 bridgehead atoms. The fraction of sp³-hybridized carbons (Fsp3) is 0.889. The Kier molecular flexibility index (Phi) is 4.85. The molecule has 0 saturated carbocycles. The van der Waals surface area contributed by atoms with Crippen LogP contribution < -0.4 is 0 Å². The Morgan fingerprint density at radius 1 is 1.06 bits per heavy atom. The lowest BCUT2D eigenvalue weighted by Gasteiger charge is -2.36. The number of carbonyl (C=O) groups is 1. The van der Waals surface area contributed by atoms with Crippen molar-refractivity contribution in [2.75, 3.05) is 0 Å². The Hall–Kier alpha value is -0.950. The normalized spacial score (nSPS) is 13.8. The molecule has 0 aliphatic heterocycles. The van der Waals surface area contributed by atoms with Gasteiger partial charge in [0.1, 0.15) is 0 Å². The summed E-state index contributed by atoms with van der Waals surface area (Å²) in [6.07, 6.45) is -14.7. The molecule has 17 heavy (non-hydrogen) atoms. The number of halogens is 6. The average Bonchev–Trinajstić information content (AvgIpc) is 2.07. The van der Waals surface area contributed by atoms with E-state index in [1.54, 1.807) is 0 Å². The molecule has 1 N–H and O–H groups in total. The van der Waals surface area contributed by atoms with Crippen molar-refractivity contribution in [3.8, 4) is 0 Å². The van der Waals surface area contributed by atoms with Crippen molar-refractivity contribution in [2.24, 2.45) is 5.41 Å². The fourth-order valence-electron chi connectivity index (χ4n) is 1.47. The van der Waals surface area contributed by atoms with Gasteiger partial charge in [-0.05, 0) is 6.42 Å². The van der Waals surface area contributed by atoms with Crippen LogP contribution in [0.4, 0.5) is 26.3 Å². The van der Waals surface area contributed by atoms with Gasteiger partial charge in [0.2, 0.25) is 0 Å². The molecule has 0 heterocycles. The Balaban J connectivity index is 5.46. The van der Waals surface area contributed by atoms with Gasteiger partial charge in [-0.1, -0.05) is 19.8 Å². The summed E-state index contributed by atoms with van der Waals surface area (Å²) in [6, 6.07) is 0. The molecule has 0 radical (unpaired) electrons. The standard InChI is InChI=1S/C9H12F6O2/c1-2-3-4-7(5-6(16)17,8(10,11)12)9(13,14)15/h2-5H2,1H3,(H,16,17). The Morgan fingerprint density at radius 3 is 1.71 bits per heavy atom. The number of hydrogen-bond donors (Lipinski definition) is 1. The van der Waals surface area contributed by atoms with Gasteiger partial charge < -0.3 is 5.11 Å². The number of hydrogen-bond acceptors (Lipinski definition) is 1. The third-order valence-corrected chi connectivity index (χ3v) is 2.50. The van der Waals surface area contributed by atoms with Gasteiger partial charge in [0.05, 0.1) is 6.42 Å². The van der Waals surface area contributed by atoms with Gasteiger partial charge in [0.15, 0.2) is 5.41 Å². The van der Waals surface area contributed by atoms with Crippen LogP contribution in [0.1, 0.15) is 32.6 Å². The van der Waals surface area contributed by atoms with Gasteiger partial charge in [-0.2, -0.15) is 26.3 Å². The highest BCUT2D eigenvalue weighted by Crippen LogP contribution is 2.55. The number of rotatable bonds is 5. The summed E-state index contributed by atoms with van der Waals surface area (Å²) >= 11 is 0. The van der Waals surface area contributed by atoms with Crippen LogP contribution in [-0.2, 0) is 4.79 Å². The zero-order chi connectivity index (χ0) is 13.9. The van der Waals surface area contributed by atoms with Crippen LogP contribution in [0.5, 0.6) is 0 Å². The van der Waals surface area contributed by atoms with Gasteiger partial charge >= 0.3 is 18.3 Å². The summed E-state index contributed by atoms with van der Waals surface area (Å²) in [5, 5.41) is 8.28. The lowest BCUT2D eigenvalue weighted by atomic mass is 9.78. The topological polar surface area (TPSA) is 37.3 Å². The summed E-state index contributed by atoms with van der Waals surface area (Å²) < 4.78 is 75.4. The number of carboxylic acid groups (broad SMARTS) is 1. The first-order chi connectivity index (χ1) is 7.48. The summed E-state index contributed by atoms with van der Waals surface area (Å²) in [5.41, 5.74) is -4.15. The maximum atomic E-state index is 12.6. The molecule has 0 rings (SSSR count). The number of carboxylic acids is 1.